The van der Waals surface area contributed by atoms with Gasteiger partial charge in [0.2, 0.25) is 0 Å². The summed E-state index contributed by atoms with van der Waals surface area (Å²) in [7, 11) is 0. The Morgan fingerprint density at radius 2 is 2.06 bits per heavy atom. The van der Waals surface area contributed by atoms with Crippen LogP contribution < -0.4 is 4.90 Å². The zero-order valence-electron chi connectivity index (χ0n) is 18.0. The Labute approximate surface area is 197 Å². The number of rotatable bonds is 9. The van der Waals surface area contributed by atoms with E-state index in [9.17, 15) is 4.79 Å². The van der Waals surface area contributed by atoms with Crippen molar-refractivity contribution >= 4 is 56.8 Å². The smallest absolute Gasteiger partial charge is 0.260 e. The second-order valence-electron chi connectivity index (χ2n) is 6.82. The molecule has 0 radical (unpaired) electrons. The van der Waals surface area contributed by atoms with Crippen LogP contribution in [0.2, 0.25) is 0 Å². The number of carbonyl (C=O) groups is 1. The molecule has 0 saturated carbocycles. The van der Waals surface area contributed by atoms with Crippen molar-refractivity contribution in [2.75, 3.05) is 43.1 Å². The molecular formula is C23H28N4OS3. The first-order chi connectivity index (χ1) is 15.2. The lowest BCUT2D eigenvalue weighted by Crippen LogP contribution is -2.49. The molecule has 1 amide bonds. The first-order valence-corrected chi connectivity index (χ1v) is 13.3. The van der Waals surface area contributed by atoms with Gasteiger partial charge in [0.05, 0.1) is 10.3 Å². The van der Waals surface area contributed by atoms with Crippen molar-refractivity contribution in [3.63, 3.8) is 0 Å². The number of carbonyl (C=O) groups excluding carboxylic acids is 1. The highest BCUT2D eigenvalue weighted by molar-refractivity contribution is 8.03. The molecule has 3 rings (SSSR count). The first kappa shape index (κ1) is 23.6. The minimum atomic E-state index is 0.104. The van der Waals surface area contributed by atoms with Gasteiger partial charge in [0, 0.05) is 36.8 Å². The van der Waals surface area contributed by atoms with Crippen LogP contribution >= 0.6 is 34.9 Å². The number of hydrogen-bond acceptors (Lipinski definition) is 7. The van der Waals surface area contributed by atoms with Gasteiger partial charge in [-0.3, -0.25) is 4.79 Å². The van der Waals surface area contributed by atoms with E-state index in [1.165, 1.54) is 16.6 Å². The lowest BCUT2D eigenvalue weighted by molar-refractivity contribution is -0.126. The SMILES string of the molecule is C=C/C=C\SC/C=C/C=C(\SC)C(=O)N1CCN(c2ncnc3sc(CC)cc23)CC1. The fourth-order valence-corrected chi connectivity index (χ4v) is 5.26. The molecule has 0 aliphatic carbocycles. The van der Waals surface area contributed by atoms with E-state index in [1.54, 1.807) is 35.5 Å². The molecule has 0 atom stereocenters. The normalized spacial score (nSPS) is 15.5. The van der Waals surface area contributed by atoms with Gasteiger partial charge in [-0.25, -0.2) is 9.97 Å². The highest BCUT2D eigenvalue weighted by atomic mass is 32.2. The van der Waals surface area contributed by atoms with Crippen molar-refractivity contribution in [1.82, 2.24) is 14.9 Å². The van der Waals surface area contributed by atoms with Crippen molar-refractivity contribution in [2.45, 2.75) is 13.3 Å². The van der Waals surface area contributed by atoms with E-state index in [0.717, 1.165) is 46.2 Å². The van der Waals surface area contributed by atoms with E-state index in [2.05, 4.69) is 40.5 Å². The molecule has 31 heavy (non-hydrogen) atoms. The average Bonchev–Trinajstić information content (AvgIpc) is 3.24. The van der Waals surface area contributed by atoms with E-state index < -0.39 is 0 Å². The van der Waals surface area contributed by atoms with Gasteiger partial charge in [0.15, 0.2) is 0 Å². The van der Waals surface area contributed by atoms with Crippen molar-refractivity contribution in [2.24, 2.45) is 0 Å². The van der Waals surface area contributed by atoms with Crippen LogP contribution in [0.1, 0.15) is 11.8 Å². The summed E-state index contributed by atoms with van der Waals surface area (Å²) in [5.41, 5.74) is 0. The molecule has 0 unspecified atom stereocenters. The third kappa shape index (κ3) is 6.24. The molecule has 0 N–H and O–H groups in total. The van der Waals surface area contributed by atoms with Crippen LogP contribution in [-0.2, 0) is 11.2 Å². The fourth-order valence-electron chi connectivity index (χ4n) is 3.26. The minimum absolute atomic E-state index is 0.104. The molecule has 1 aliphatic heterocycles. The standard InChI is InChI=1S/C23H28N4OS3/c1-4-6-14-30-15-8-7-9-20(29-3)23(28)27-12-10-26(11-13-27)21-19-16-18(5-2)31-22(19)25-17-24-21/h4,6-9,14,16-17H,1,5,10-13,15H2,2-3H3/b8-7+,14-6-,20-9-. The molecular weight excluding hydrogens is 444 g/mol. The topological polar surface area (TPSA) is 49.3 Å². The molecule has 0 spiro atoms. The molecule has 1 saturated heterocycles. The Morgan fingerprint density at radius 3 is 2.77 bits per heavy atom. The van der Waals surface area contributed by atoms with Crippen LogP contribution in [0.3, 0.4) is 0 Å². The van der Waals surface area contributed by atoms with Gasteiger partial charge >= 0.3 is 0 Å². The van der Waals surface area contributed by atoms with Crippen molar-refractivity contribution in [3.8, 4) is 0 Å². The minimum Gasteiger partial charge on any atom is -0.352 e. The van der Waals surface area contributed by atoms with Crippen LogP contribution in [0.4, 0.5) is 5.82 Å². The maximum atomic E-state index is 13.0. The predicted molar refractivity (Wildman–Crippen MR) is 138 cm³/mol. The number of anilines is 1. The number of piperazine rings is 1. The fraction of sp³-hybridized carbons (Fsp3) is 0.348. The van der Waals surface area contributed by atoms with Gasteiger partial charge < -0.3 is 9.80 Å². The van der Waals surface area contributed by atoms with Crippen LogP contribution in [-0.4, -0.2) is 59.0 Å². The summed E-state index contributed by atoms with van der Waals surface area (Å²) < 4.78 is 0. The number of hydrogen-bond donors (Lipinski definition) is 0. The van der Waals surface area contributed by atoms with E-state index in [1.807, 2.05) is 34.8 Å². The number of amides is 1. The Morgan fingerprint density at radius 1 is 1.26 bits per heavy atom. The third-order valence-corrected chi connectivity index (χ3v) is 7.56. The number of thiophene rings is 1. The molecule has 1 fully saturated rings. The van der Waals surface area contributed by atoms with Crippen LogP contribution in [0, 0.1) is 0 Å². The molecule has 5 nitrogen and oxygen atoms in total. The summed E-state index contributed by atoms with van der Waals surface area (Å²) >= 11 is 4.92. The van der Waals surface area contributed by atoms with Crippen LogP contribution in [0.5, 0.6) is 0 Å². The van der Waals surface area contributed by atoms with E-state index in [0.29, 0.717) is 13.1 Å². The highest BCUT2D eigenvalue weighted by Crippen LogP contribution is 2.31. The zero-order chi connectivity index (χ0) is 22.1. The Kier molecular flexibility index (Phi) is 9.24. The molecule has 8 heteroatoms. The monoisotopic (exact) mass is 472 g/mol. The summed E-state index contributed by atoms with van der Waals surface area (Å²) in [6.07, 6.45) is 14.2. The molecule has 2 aromatic rings. The van der Waals surface area contributed by atoms with Gasteiger partial charge in [0.1, 0.15) is 17.0 Å². The zero-order valence-corrected chi connectivity index (χ0v) is 20.4. The number of aromatic nitrogens is 2. The molecule has 1 aliphatic rings. The lowest BCUT2D eigenvalue weighted by Gasteiger charge is -2.35. The van der Waals surface area contributed by atoms with E-state index in [-0.39, 0.29) is 5.91 Å². The maximum Gasteiger partial charge on any atom is 0.260 e. The third-order valence-electron chi connectivity index (χ3n) is 4.89. The summed E-state index contributed by atoms with van der Waals surface area (Å²) in [6, 6.07) is 2.21. The van der Waals surface area contributed by atoms with Gasteiger partial charge in [-0.2, -0.15) is 0 Å². The van der Waals surface area contributed by atoms with Gasteiger partial charge in [0.25, 0.3) is 5.91 Å². The Balaban J connectivity index is 1.59. The van der Waals surface area contributed by atoms with Crippen molar-refractivity contribution < 1.29 is 4.79 Å². The summed E-state index contributed by atoms with van der Waals surface area (Å²) in [4.78, 5) is 29.3. The number of aryl methyl sites for hydroxylation is 1. The first-order valence-electron chi connectivity index (χ1n) is 10.3. The number of thioether (sulfide) groups is 2. The second kappa shape index (κ2) is 12.1. The van der Waals surface area contributed by atoms with E-state index >= 15 is 0 Å². The van der Waals surface area contributed by atoms with Crippen molar-refractivity contribution in [1.29, 1.82) is 0 Å². The molecule has 0 aromatic carbocycles. The predicted octanol–water partition coefficient (Wildman–Crippen LogP) is 5.14. The molecule has 2 aromatic heterocycles. The van der Waals surface area contributed by atoms with Gasteiger partial charge in [-0.05, 0) is 30.2 Å². The summed E-state index contributed by atoms with van der Waals surface area (Å²) in [5.74, 6) is 1.96. The average molecular weight is 473 g/mol. The molecule has 164 valence electrons. The summed E-state index contributed by atoms with van der Waals surface area (Å²) in [5, 5.41) is 3.13. The Bertz CT molecular complexity index is 988. The second-order valence-corrected chi connectivity index (χ2v) is 9.72. The van der Waals surface area contributed by atoms with Gasteiger partial charge in [-0.1, -0.05) is 37.8 Å². The highest BCUT2D eigenvalue weighted by Gasteiger charge is 2.25. The van der Waals surface area contributed by atoms with E-state index in [4.69, 9.17) is 0 Å². The largest absolute Gasteiger partial charge is 0.352 e. The number of nitrogens with zero attached hydrogens (tertiary/aromatic N) is 4. The maximum absolute atomic E-state index is 13.0. The number of fused-ring (bicyclic) bond motifs is 1. The lowest BCUT2D eigenvalue weighted by atomic mass is 10.2. The Hall–Kier alpha value is -2.03. The number of allylic oxidation sites excluding steroid dienone is 4. The molecule has 3 heterocycles. The molecule has 0 bridgehead atoms. The van der Waals surface area contributed by atoms with Crippen LogP contribution in [0.25, 0.3) is 10.2 Å². The summed E-state index contributed by atoms with van der Waals surface area (Å²) in [6.45, 7) is 8.75. The van der Waals surface area contributed by atoms with Crippen molar-refractivity contribution in [3.05, 3.63) is 64.5 Å². The van der Waals surface area contributed by atoms with Gasteiger partial charge in [-0.15, -0.1) is 34.9 Å². The quantitative estimate of drug-likeness (QED) is 0.286. The van der Waals surface area contributed by atoms with Crippen LogP contribution in [0.15, 0.2) is 59.7 Å².